The Balaban J connectivity index is 1.75. The minimum absolute atomic E-state index is 0.0595. The van der Waals surface area contributed by atoms with Crippen LogP contribution in [0.2, 0.25) is 0 Å². The van der Waals surface area contributed by atoms with E-state index < -0.39 is 16.1 Å². The summed E-state index contributed by atoms with van der Waals surface area (Å²) in [6.45, 7) is 2.14. The van der Waals surface area contributed by atoms with E-state index in [9.17, 15) is 13.5 Å². The van der Waals surface area contributed by atoms with Gasteiger partial charge in [0.25, 0.3) is 0 Å². The van der Waals surface area contributed by atoms with Crippen molar-refractivity contribution in [1.29, 1.82) is 0 Å². The van der Waals surface area contributed by atoms with Crippen molar-refractivity contribution in [2.45, 2.75) is 19.1 Å². The number of imidazole rings is 1. The van der Waals surface area contributed by atoms with Gasteiger partial charge >= 0.3 is 0 Å². The van der Waals surface area contributed by atoms with E-state index in [2.05, 4.69) is 15.6 Å². The quantitative estimate of drug-likeness (QED) is 0.912. The molecule has 7 heteroatoms. The molecule has 2 aliphatic rings. The molecule has 6 nitrogen and oxygen atoms in total. The van der Waals surface area contributed by atoms with Gasteiger partial charge in [0.1, 0.15) is 0 Å². The molecule has 0 spiro atoms. The van der Waals surface area contributed by atoms with Crippen LogP contribution in [0, 0.1) is 5.92 Å². The summed E-state index contributed by atoms with van der Waals surface area (Å²) < 4.78 is 27.8. The van der Waals surface area contributed by atoms with E-state index >= 15 is 0 Å². The molecule has 1 fully saturated rings. The summed E-state index contributed by atoms with van der Waals surface area (Å²) in [7, 11) is -3.29. The molecule has 1 aromatic carbocycles. The first-order valence-electron chi connectivity index (χ1n) is 7.80. The normalized spacial score (nSPS) is 27.1. The van der Waals surface area contributed by atoms with Gasteiger partial charge in [0.05, 0.1) is 36.1 Å². The molecule has 0 saturated carbocycles. The van der Waals surface area contributed by atoms with Crippen LogP contribution >= 0.6 is 0 Å². The van der Waals surface area contributed by atoms with E-state index in [1.165, 1.54) is 4.31 Å². The highest BCUT2D eigenvalue weighted by Gasteiger charge is 2.45. The number of fused-ring (bicyclic) bond motifs is 3. The Labute approximate surface area is 135 Å². The number of sulfonamides is 1. The lowest BCUT2D eigenvalue weighted by molar-refractivity contribution is 0.126. The Hall–Kier alpha value is -1.70. The summed E-state index contributed by atoms with van der Waals surface area (Å²) in [5, 5.41) is 10.5. The van der Waals surface area contributed by atoms with Gasteiger partial charge in [0.15, 0.2) is 0 Å². The minimum Gasteiger partial charge on any atom is -0.391 e. The molecular weight excluding hydrogens is 314 g/mol. The fraction of sp³-hybridized carbons (Fsp3) is 0.438. The van der Waals surface area contributed by atoms with Crippen molar-refractivity contribution in [3.8, 4) is 11.3 Å². The number of aliphatic hydroxyl groups is 1. The third kappa shape index (κ3) is 2.14. The second-order valence-electron chi connectivity index (χ2n) is 6.17. The Morgan fingerprint density at radius 3 is 2.87 bits per heavy atom. The van der Waals surface area contributed by atoms with Crippen LogP contribution < -0.4 is 0 Å². The summed E-state index contributed by atoms with van der Waals surface area (Å²) in [4.78, 5) is 4.22. The summed E-state index contributed by atoms with van der Waals surface area (Å²) in [6, 6.07) is 7.99. The summed E-state index contributed by atoms with van der Waals surface area (Å²) >= 11 is 0. The van der Waals surface area contributed by atoms with E-state index in [1.807, 2.05) is 24.4 Å². The van der Waals surface area contributed by atoms with Gasteiger partial charge in [-0.1, -0.05) is 24.3 Å². The van der Waals surface area contributed by atoms with Gasteiger partial charge < -0.3 is 9.67 Å². The molecule has 0 amide bonds. The van der Waals surface area contributed by atoms with Gasteiger partial charge in [0.2, 0.25) is 10.0 Å². The van der Waals surface area contributed by atoms with Crippen LogP contribution in [0.3, 0.4) is 0 Å². The zero-order valence-electron chi connectivity index (χ0n) is 12.8. The average molecular weight is 333 g/mol. The number of β-amino-alcohol motifs (C(OH)–C–C–N with tert-alkyl or cyclic N) is 1. The lowest BCUT2D eigenvalue weighted by atomic mass is 9.90. The van der Waals surface area contributed by atoms with Crippen LogP contribution in [0.15, 0.2) is 36.8 Å². The highest BCUT2D eigenvalue weighted by Crippen LogP contribution is 2.45. The first-order chi connectivity index (χ1) is 11.0. The highest BCUT2D eigenvalue weighted by molar-refractivity contribution is 7.89. The van der Waals surface area contributed by atoms with Crippen LogP contribution in [-0.2, 0) is 10.0 Å². The van der Waals surface area contributed by atoms with Crippen LogP contribution in [0.5, 0.6) is 0 Å². The topological polar surface area (TPSA) is 75.4 Å². The second kappa shape index (κ2) is 5.15. The van der Waals surface area contributed by atoms with Crippen molar-refractivity contribution < 1.29 is 13.5 Å². The fourth-order valence-electron chi connectivity index (χ4n) is 3.81. The van der Waals surface area contributed by atoms with Crippen molar-refractivity contribution in [3.05, 3.63) is 42.4 Å². The third-order valence-corrected chi connectivity index (χ3v) is 6.80. The molecule has 2 aliphatic heterocycles. The predicted molar refractivity (Wildman–Crippen MR) is 86.3 cm³/mol. The first kappa shape index (κ1) is 14.9. The van der Waals surface area contributed by atoms with Crippen molar-refractivity contribution >= 4 is 10.0 Å². The molecule has 1 saturated heterocycles. The van der Waals surface area contributed by atoms with Crippen molar-refractivity contribution in [2.75, 3.05) is 18.8 Å². The van der Waals surface area contributed by atoms with Gasteiger partial charge in [-0.05, 0) is 12.5 Å². The van der Waals surface area contributed by atoms with Gasteiger partial charge in [-0.3, -0.25) is 0 Å². The molecule has 1 N–H and O–H groups in total. The Morgan fingerprint density at radius 1 is 1.30 bits per heavy atom. The average Bonchev–Trinajstić information content (AvgIpc) is 3.22. The zero-order chi connectivity index (χ0) is 16.2. The third-order valence-electron chi connectivity index (χ3n) is 4.98. The number of nitrogens with zero attached hydrogens (tertiary/aromatic N) is 3. The summed E-state index contributed by atoms with van der Waals surface area (Å²) in [6.07, 6.45) is 2.91. The Kier molecular flexibility index (Phi) is 3.33. The number of hydrogen-bond donors (Lipinski definition) is 1. The van der Waals surface area contributed by atoms with Gasteiger partial charge in [-0.15, -0.1) is 0 Å². The van der Waals surface area contributed by atoms with E-state index in [0.717, 1.165) is 16.8 Å². The Bertz CT molecular complexity index is 846. The maximum Gasteiger partial charge on any atom is 0.213 e. The molecular formula is C16H19N3O3S. The molecule has 0 aliphatic carbocycles. The first-order valence-corrected chi connectivity index (χ1v) is 9.41. The molecule has 1 unspecified atom stereocenters. The lowest BCUT2D eigenvalue weighted by Gasteiger charge is -2.24. The van der Waals surface area contributed by atoms with Gasteiger partial charge in [0, 0.05) is 24.6 Å². The van der Waals surface area contributed by atoms with Crippen LogP contribution in [0.1, 0.15) is 18.5 Å². The molecule has 0 radical (unpaired) electrons. The fourth-order valence-corrected chi connectivity index (χ4v) is 4.95. The molecule has 1 aromatic heterocycles. The SMILES string of the molecule is CCS(=O)(=O)N1C[C@@H](O)[C@H](C2c3ccccc3-c3cncn32)C1. The second-order valence-corrected chi connectivity index (χ2v) is 8.42. The monoisotopic (exact) mass is 333 g/mol. The maximum absolute atomic E-state index is 12.1. The van der Waals surface area contributed by atoms with Gasteiger partial charge in [-0.2, -0.15) is 4.31 Å². The van der Waals surface area contributed by atoms with Crippen LogP contribution in [0.25, 0.3) is 11.3 Å². The van der Waals surface area contributed by atoms with E-state index in [0.29, 0.717) is 6.54 Å². The maximum atomic E-state index is 12.1. The number of aliphatic hydroxyl groups excluding tert-OH is 1. The molecule has 3 atom stereocenters. The number of benzene rings is 1. The van der Waals surface area contributed by atoms with E-state index in [1.54, 1.807) is 13.3 Å². The molecule has 122 valence electrons. The van der Waals surface area contributed by atoms with Crippen molar-refractivity contribution in [2.24, 2.45) is 5.92 Å². The van der Waals surface area contributed by atoms with Crippen LogP contribution in [-0.4, -0.2) is 52.3 Å². The Morgan fingerprint density at radius 2 is 2.09 bits per heavy atom. The minimum atomic E-state index is -3.29. The molecule has 2 aromatic rings. The van der Waals surface area contributed by atoms with Crippen molar-refractivity contribution in [3.63, 3.8) is 0 Å². The molecule has 4 rings (SSSR count). The summed E-state index contributed by atoms with van der Waals surface area (Å²) in [5.41, 5.74) is 3.26. The lowest BCUT2D eigenvalue weighted by Crippen LogP contribution is -2.31. The number of hydrogen-bond acceptors (Lipinski definition) is 4. The van der Waals surface area contributed by atoms with E-state index in [-0.39, 0.29) is 24.3 Å². The van der Waals surface area contributed by atoms with Crippen molar-refractivity contribution in [1.82, 2.24) is 13.9 Å². The molecule has 23 heavy (non-hydrogen) atoms. The summed E-state index contributed by atoms with van der Waals surface area (Å²) in [5.74, 6) is -0.114. The van der Waals surface area contributed by atoms with Gasteiger partial charge in [-0.25, -0.2) is 13.4 Å². The molecule has 3 heterocycles. The smallest absolute Gasteiger partial charge is 0.213 e. The predicted octanol–water partition coefficient (Wildman–Crippen LogP) is 1.10. The number of rotatable bonds is 3. The largest absolute Gasteiger partial charge is 0.391 e. The highest BCUT2D eigenvalue weighted by atomic mass is 32.2. The van der Waals surface area contributed by atoms with E-state index in [4.69, 9.17) is 0 Å². The molecule has 0 bridgehead atoms. The zero-order valence-corrected chi connectivity index (χ0v) is 13.6. The standard InChI is InChI=1S/C16H19N3O3S/c1-2-23(21,22)18-8-13(15(20)9-18)16-12-6-4-3-5-11(12)14-7-17-10-19(14)16/h3-7,10,13,15-16,20H,2,8-9H2,1H3/t13-,15-,16?/m1/s1. The number of aromatic nitrogens is 2. The van der Waals surface area contributed by atoms with Crippen LogP contribution in [0.4, 0.5) is 0 Å².